The number of aromatic nitrogens is 2. The minimum Gasteiger partial charge on any atom is -0.505 e. The molecule has 5 heteroatoms. The van der Waals surface area contributed by atoms with Gasteiger partial charge in [0.15, 0.2) is 5.65 Å². The van der Waals surface area contributed by atoms with Crippen molar-refractivity contribution in [1.29, 1.82) is 0 Å². The Labute approximate surface area is 113 Å². The van der Waals surface area contributed by atoms with Gasteiger partial charge in [-0.2, -0.15) is 0 Å². The van der Waals surface area contributed by atoms with Gasteiger partial charge in [-0.3, -0.25) is 9.36 Å². The monoisotopic (exact) mass is 272 g/mol. The van der Waals surface area contributed by atoms with Crippen LogP contribution in [0.4, 0.5) is 0 Å². The summed E-state index contributed by atoms with van der Waals surface area (Å²) < 4.78 is 2.12. The molecule has 0 aliphatic rings. The first-order chi connectivity index (χ1) is 9.11. The summed E-state index contributed by atoms with van der Waals surface area (Å²) in [5.41, 5.74) is 3.98. The van der Waals surface area contributed by atoms with E-state index >= 15 is 0 Å². The fourth-order valence-electron chi connectivity index (χ4n) is 2.22. The second-order valence-electron chi connectivity index (χ2n) is 4.41. The molecule has 3 aromatic rings. The summed E-state index contributed by atoms with van der Waals surface area (Å²) in [6.45, 7) is 1.92. The summed E-state index contributed by atoms with van der Waals surface area (Å²) in [7, 11) is 1.67. The van der Waals surface area contributed by atoms with E-state index in [1.807, 2.05) is 31.2 Å². The summed E-state index contributed by atoms with van der Waals surface area (Å²) >= 11 is 1.33. The van der Waals surface area contributed by atoms with Crippen molar-refractivity contribution in [3.8, 4) is 16.9 Å². The minimum absolute atomic E-state index is 0.0231. The topological polar surface area (TPSA) is 55.1 Å². The highest BCUT2D eigenvalue weighted by molar-refractivity contribution is 7.17. The smallest absolute Gasteiger partial charge is 0.263 e. The molecule has 0 radical (unpaired) electrons. The first-order valence-electron chi connectivity index (χ1n) is 5.82. The van der Waals surface area contributed by atoms with E-state index in [0.717, 1.165) is 11.1 Å². The SMILES string of the molecule is Cc1ccccc1-c1c(O)c2scnc2n(C)c1=O. The van der Waals surface area contributed by atoms with Crippen LogP contribution in [0.1, 0.15) is 5.56 Å². The Hall–Kier alpha value is -2.14. The van der Waals surface area contributed by atoms with Gasteiger partial charge in [0.05, 0.1) is 11.1 Å². The normalized spacial score (nSPS) is 11.1. The van der Waals surface area contributed by atoms with Crippen molar-refractivity contribution in [3.63, 3.8) is 0 Å². The van der Waals surface area contributed by atoms with Gasteiger partial charge in [0.2, 0.25) is 0 Å². The lowest BCUT2D eigenvalue weighted by atomic mass is 10.0. The third-order valence-electron chi connectivity index (χ3n) is 3.25. The van der Waals surface area contributed by atoms with Gasteiger partial charge >= 0.3 is 0 Å². The van der Waals surface area contributed by atoms with Crippen molar-refractivity contribution < 1.29 is 5.11 Å². The molecule has 2 aromatic heterocycles. The van der Waals surface area contributed by atoms with Crippen LogP contribution < -0.4 is 5.56 Å². The van der Waals surface area contributed by atoms with Crippen molar-refractivity contribution in [2.45, 2.75) is 6.92 Å². The lowest BCUT2D eigenvalue weighted by molar-refractivity contribution is 0.482. The van der Waals surface area contributed by atoms with Crippen molar-refractivity contribution in [3.05, 3.63) is 45.7 Å². The molecule has 4 nitrogen and oxygen atoms in total. The molecule has 1 aromatic carbocycles. The van der Waals surface area contributed by atoms with Crippen LogP contribution >= 0.6 is 11.3 Å². The summed E-state index contributed by atoms with van der Waals surface area (Å²) in [6.07, 6.45) is 0. The molecule has 0 unspecified atom stereocenters. The van der Waals surface area contributed by atoms with Gasteiger partial charge in [0, 0.05) is 7.05 Å². The molecule has 3 rings (SSSR count). The van der Waals surface area contributed by atoms with Crippen LogP contribution in [0.25, 0.3) is 21.5 Å². The molecule has 2 heterocycles. The van der Waals surface area contributed by atoms with Crippen molar-refractivity contribution in [1.82, 2.24) is 9.55 Å². The number of nitrogens with zero attached hydrogens (tertiary/aromatic N) is 2. The van der Waals surface area contributed by atoms with Crippen LogP contribution in [0.3, 0.4) is 0 Å². The van der Waals surface area contributed by atoms with Crippen molar-refractivity contribution >= 4 is 21.7 Å². The summed E-state index contributed by atoms with van der Waals surface area (Å²) in [4.78, 5) is 16.5. The quantitative estimate of drug-likeness (QED) is 0.741. The van der Waals surface area contributed by atoms with E-state index in [1.165, 1.54) is 15.9 Å². The van der Waals surface area contributed by atoms with Crippen LogP contribution in [-0.2, 0) is 7.05 Å². The van der Waals surface area contributed by atoms with Crippen LogP contribution in [0, 0.1) is 6.92 Å². The Morgan fingerprint density at radius 1 is 1.32 bits per heavy atom. The van der Waals surface area contributed by atoms with Crippen molar-refractivity contribution in [2.24, 2.45) is 7.05 Å². The molecule has 0 aliphatic heterocycles. The minimum atomic E-state index is -0.231. The van der Waals surface area contributed by atoms with Crippen LogP contribution in [0.2, 0.25) is 0 Å². The molecule has 0 bridgehead atoms. The van der Waals surface area contributed by atoms with Gasteiger partial charge in [0.1, 0.15) is 10.4 Å². The zero-order chi connectivity index (χ0) is 13.6. The number of rotatable bonds is 1. The lowest BCUT2D eigenvalue weighted by Crippen LogP contribution is -2.19. The van der Waals surface area contributed by atoms with Gasteiger partial charge in [-0.15, -0.1) is 11.3 Å². The zero-order valence-electron chi connectivity index (χ0n) is 10.5. The number of fused-ring (bicyclic) bond motifs is 1. The van der Waals surface area contributed by atoms with Gasteiger partial charge in [-0.1, -0.05) is 24.3 Å². The van der Waals surface area contributed by atoms with E-state index in [-0.39, 0.29) is 11.3 Å². The Morgan fingerprint density at radius 2 is 2.05 bits per heavy atom. The molecule has 96 valence electrons. The third-order valence-corrected chi connectivity index (χ3v) is 4.07. The first kappa shape index (κ1) is 11.9. The summed E-state index contributed by atoms with van der Waals surface area (Å²) in [5, 5.41) is 10.4. The summed E-state index contributed by atoms with van der Waals surface area (Å²) in [5.74, 6) is 0.0231. The predicted octanol–water partition coefficient (Wildman–Crippen LogP) is 2.68. The molecular weight excluding hydrogens is 260 g/mol. The Morgan fingerprint density at radius 3 is 2.79 bits per heavy atom. The second-order valence-corrected chi connectivity index (χ2v) is 5.26. The van der Waals surface area contributed by atoms with Gasteiger partial charge in [-0.05, 0) is 18.1 Å². The standard InChI is InChI=1S/C14H12N2O2S/c1-8-5-3-4-6-9(8)10-11(17)12-13(15-7-19-12)16(2)14(10)18/h3-7,17H,1-2H3. The fraction of sp³-hybridized carbons (Fsp3) is 0.143. The van der Waals surface area contributed by atoms with E-state index in [1.54, 1.807) is 12.6 Å². The van der Waals surface area contributed by atoms with E-state index in [9.17, 15) is 9.90 Å². The average molecular weight is 272 g/mol. The predicted molar refractivity (Wildman–Crippen MR) is 76.7 cm³/mol. The van der Waals surface area contributed by atoms with Crippen LogP contribution in [0.15, 0.2) is 34.6 Å². The lowest BCUT2D eigenvalue weighted by Gasteiger charge is -2.10. The summed E-state index contributed by atoms with van der Waals surface area (Å²) in [6, 6.07) is 7.54. The number of aryl methyl sites for hydroxylation is 2. The number of thiazole rings is 1. The van der Waals surface area contributed by atoms with Crippen LogP contribution in [-0.4, -0.2) is 14.7 Å². The van der Waals surface area contributed by atoms with E-state index in [0.29, 0.717) is 15.9 Å². The average Bonchev–Trinajstić information content (AvgIpc) is 2.88. The molecular formula is C14H12N2O2S. The molecule has 1 N–H and O–H groups in total. The van der Waals surface area contributed by atoms with E-state index < -0.39 is 0 Å². The molecule has 0 spiro atoms. The largest absolute Gasteiger partial charge is 0.505 e. The number of hydrogen-bond acceptors (Lipinski definition) is 4. The third kappa shape index (κ3) is 1.66. The molecule has 0 aliphatic carbocycles. The fourth-order valence-corrected chi connectivity index (χ4v) is 2.98. The maximum atomic E-state index is 12.4. The zero-order valence-corrected chi connectivity index (χ0v) is 11.4. The van der Waals surface area contributed by atoms with E-state index in [2.05, 4.69) is 4.98 Å². The highest BCUT2D eigenvalue weighted by Gasteiger charge is 2.18. The number of pyridine rings is 1. The highest BCUT2D eigenvalue weighted by Crippen LogP contribution is 2.35. The van der Waals surface area contributed by atoms with Crippen molar-refractivity contribution in [2.75, 3.05) is 0 Å². The van der Waals surface area contributed by atoms with E-state index in [4.69, 9.17) is 0 Å². The first-order valence-corrected chi connectivity index (χ1v) is 6.70. The number of benzene rings is 1. The molecule has 0 atom stereocenters. The molecule has 0 fully saturated rings. The molecule has 0 amide bonds. The molecule has 19 heavy (non-hydrogen) atoms. The second kappa shape index (κ2) is 4.20. The van der Waals surface area contributed by atoms with Gasteiger partial charge in [0.25, 0.3) is 5.56 Å². The number of aromatic hydroxyl groups is 1. The molecule has 0 saturated heterocycles. The Bertz CT molecular complexity index is 833. The van der Waals surface area contributed by atoms with Crippen LogP contribution in [0.5, 0.6) is 5.75 Å². The Kier molecular flexibility index (Phi) is 2.64. The highest BCUT2D eigenvalue weighted by atomic mass is 32.1. The van der Waals surface area contributed by atoms with Gasteiger partial charge < -0.3 is 5.11 Å². The maximum absolute atomic E-state index is 12.4. The maximum Gasteiger partial charge on any atom is 0.263 e. The van der Waals surface area contributed by atoms with Gasteiger partial charge in [-0.25, -0.2) is 4.98 Å². The Balaban J connectivity index is 2.49. The number of hydrogen-bond donors (Lipinski definition) is 1. The molecule has 0 saturated carbocycles.